The minimum absolute atomic E-state index is 0.702. The summed E-state index contributed by atoms with van der Waals surface area (Å²) in [5.41, 5.74) is 15.0. The van der Waals surface area contributed by atoms with Crippen LogP contribution >= 0.6 is 0 Å². The lowest BCUT2D eigenvalue weighted by Gasteiger charge is -2.26. The topological polar surface area (TPSA) is 57.1 Å². The number of hydrogen-bond donors (Lipinski definition) is 3. The van der Waals surface area contributed by atoms with Crippen LogP contribution in [0.15, 0.2) is 54.6 Å². The molecule has 0 aliphatic carbocycles. The van der Waals surface area contributed by atoms with E-state index in [1.807, 2.05) is 0 Å². The van der Waals surface area contributed by atoms with Crippen molar-refractivity contribution < 1.29 is 0 Å². The van der Waals surface area contributed by atoms with E-state index < -0.39 is 0 Å². The van der Waals surface area contributed by atoms with Crippen LogP contribution in [0, 0.1) is 0 Å². The maximum Gasteiger partial charge on any atom is 0.0712 e. The molecule has 0 saturated carbocycles. The van der Waals surface area contributed by atoms with E-state index in [2.05, 4.69) is 76.8 Å². The molecule has 4 aromatic rings. The normalized spacial score (nSPS) is 13.4. The van der Waals surface area contributed by atoms with Crippen LogP contribution in [-0.2, 0) is 13.1 Å². The Morgan fingerprint density at radius 1 is 0.964 bits per heavy atom. The van der Waals surface area contributed by atoms with Gasteiger partial charge in [0.1, 0.15) is 0 Å². The van der Waals surface area contributed by atoms with Gasteiger partial charge in [-0.3, -0.25) is 0 Å². The van der Waals surface area contributed by atoms with Crippen LogP contribution < -0.4 is 16.0 Å². The van der Waals surface area contributed by atoms with Crippen LogP contribution in [0.5, 0.6) is 0 Å². The molecule has 0 bridgehead atoms. The van der Waals surface area contributed by atoms with E-state index in [1.165, 1.54) is 49.7 Å². The Balaban J connectivity index is 1.90. The highest BCUT2D eigenvalue weighted by Gasteiger charge is 2.27. The molecule has 2 heterocycles. The fourth-order valence-electron chi connectivity index (χ4n) is 4.64. The van der Waals surface area contributed by atoms with Crippen molar-refractivity contribution in [1.82, 2.24) is 10.3 Å². The van der Waals surface area contributed by atoms with Gasteiger partial charge in [-0.05, 0) is 35.7 Å². The summed E-state index contributed by atoms with van der Waals surface area (Å²) in [5, 5.41) is 6.28. The highest BCUT2D eigenvalue weighted by atomic mass is 15.1. The average molecular weight is 371 g/mol. The molecule has 28 heavy (non-hydrogen) atoms. The summed E-state index contributed by atoms with van der Waals surface area (Å²) in [6, 6.07) is 19.4. The lowest BCUT2D eigenvalue weighted by molar-refractivity contribution is 0.766. The molecule has 4 nitrogen and oxygen atoms in total. The number of para-hydroxylation sites is 1. The van der Waals surface area contributed by atoms with Gasteiger partial charge in [-0.1, -0.05) is 48.5 Å². The number of nitrogens with two attached hydrogens (primary N) is 1. The van der Waals surface area contributed by atoms with Crippen LogP contribution in [0.25, 0.3) is 32.9 Å². The zero-order chi connectivity index (χ0) is 19.1. The Labute approximate surface area is 165 Å². The fourth-order valence-corrected chi connectivity index (χ4v) is 4.64. The number of benzene rings is 3. The number of hydrogen-bond acceptors (Lipinski definition) is 3. The highest BCUT2D eigenvalue weighted by Crippen LogP contribution is 2.46. The molecule has 1 aliphatic rings. The molecule has 0 spiro atoms. The van der Waals surface area contributed by atoms with Crippen molar-refractivity contribution in [2.45, 2.75) is 19.5 Å². The molecule has 1 aromatic heterocycles. The average Bonchev–Trinajstić information content (AvgIpc) is 3.35. The lowest BCUT2D eigenvalue weighted by atomic mass is 9.91. The number of H-pyrrole nitrogens is 1. The van der Waals surface area contributed by atoms with Gasteiger partial charge in [-0.2, -0.15) is 0 Å². The zero-order valence-corrected chi connectivity index (χ0v) is 16.3. The van der Waals surface area contributed by atoms with Gasteiger partial charge in [0.25, 0.3) is 0 Å². The van der Waals surface area contributed by atoms with Gasteiger partial charge in [0, 0.05) is 48.5 Å². The van der Waals surface area contributed by atoms with Crippen LogP contribution in [-0.4, -0.2) is 25.1 Å². The quantitative estimate of drug-likeness (QED) is 0.489. The van der Waals surface area contributed by atoms with Crippen LogP contribution in [0.3, 0.4) is 0 Å². The standard InChI is InChI=1S/C24H26N4/c1-28(13-7-12-25)24-21(16-8-3-2-4-9-16)18-14-26-15-19(18)22-17-10-5-6-11-20(17)27-23(22)24/h2-6,8-11,26-27H,7,12-15,25H2,1H3. The third-order valence-corrected chi connectivity index (χ3v) is 5.89. The van der Waals surface area contributed by atoms with E-state index >= 15 is 0 Å². The van der Waals surface area contributed by atoms with E-state index in [0.29, 0.717) is 6.54 Å². The van der Waals surface area contributed by atoms with Gasteiger partial charge in [0.15, 0.2) is 0 Å². The second-order valence-corrected chi connectivity index (χ2v) is 7.63. The summed E-state index contributed by atoms with van der Waals surface area (Å²) in [5.74, 6) is 0. The van der Waals surface area contributed by atoms with Crippen molar-refractivity contribution >= 4 is 27.5 Å². The molecule has 0 unspecified atom stereocenters. The number of aromatic nitrogens is 1. The summed E-state index contributed by atoms with van der Waals surface area (Å²) >= 11 is 0. The van der Waals surface area contributed by atoms with Crippen molar-refractivity contribution in [2.75, 3.05) is 25.0 Å². The van der Waals surface area contributed by atoms with Crippen molar-refractivity contribution in [3.63, 3.8) is 0 Å². The molecule has 0 amide bonds. The third-order valence-electron chi connectivity index (χ3n) is 5.89. The molecule has 5 rings (SSSR count). The SMILES string of the molecule is CN(CCCN)c1c(-c2ccccc2)c2c(c3c1[nH]c1ccccc13)CNC2. The van der Waals surface area contributed by atoms with Gasteiger partial charge < -0.3 is 20.9 Å². The minimum Gasteiger partial charge on any atom is -0.372 e. The van der Waals surface area contributed by atoms with Crippen molar-refractivity contribution in [1.29, 1.82) is 0 Å². The molecule has 3 aromatic carbocycles. The zero-order valence-electron chi connectivity index (χ0n) is 16.3. The molecule has 1 aliphatic heterocycles. The van der Waals surface area contributed by atoms with Crippen molar-refractivity contribution in [3.05, 3.63) is 65.7 Å². The fraction of sp³-hybridized carbons (Fsp3) is 0.250. The van der Waals surface area contributed by atoms with E-state index in [1.54, 1.807) is 0 Å². The summed E-state index contributed by atoms with van der Waals surface area (Å²) in [6.45, 7) is 3.47. The third kappa shape index (κ3) is 2.60. The maximum absolute atomic E-state index is 5.82. The number of fused-ring (bicyclic) bond motifs is 5. The smallest absolute Gasteiger partial charge is 0.0712 e. The largest absolute Gasteiger partial charge is 0.372 e. The van der Waals surface area contributed by atoms with E-state index in [4.69, 9.17) is 5.73 Å². The van der Waals surface area contributed by atoms with Gasteiger partial charge in [0.05, 0.1) is 11.2 Å². The predicted octanol–water partition coefficient (Wildman–Crippen LogP) is 4.38. The first kappa shape index (κ1) is 17.3. The minimum atomic E-state index is 0.702. The first-order chi connectivity index (χ1) is 13.8. The number of nitrogens with zero attached hydrogens (tertiary/aromatic N) is 1. The monoisotopic (exact) mass is 370 g/mol. The first-order valence-electron chi connectivity index (χ1n) is 10.0. The van der Waals surface area contributed by atoms with Gasteiger partial charge in [-0.15, -0.1) is 0 Å². The van der Waals surface area contributed by atoms with Gasteiger partial charge in [0.2, 0.25) is 0 Å². The van der Waals surface area contributed by atoms with E-state index in [0.717, 1.165) is 26.1 Å². The van der Waals surface area contributed by atoms with Crippen LogP contribution in [0.4, 0.5) is 5.69 Å². The lowest BCUT2D eigenvalue weighted by Crippen LogP contribution is -2.22. The summed E-state index contributed by atoms with van der Waals surface area (Å²) < 4.78 is 0. The number of rotatable bonds is 5. The summed E-state index contributed by atoms with van der Waals surface area (Å²) in [4.78, 5) is 6.12. The molecular formula is C24H26N4. The molecule has 0 atom stereocenters. The molecular weight excluding hydrogens is 344 g/mol. The summed E-state index contributed by atoms with van der Waals surface area (Å²) in [7, 11) is 2.19. The Hall–Kier alpha value is -2.82. The number of aromatic amines is 1. The number of anilines is 1. The van der Waals surface area contributed by atoms with E-state index in [9.17, 15) is 0 Å². The molecule has 0 radical (unpaired) electrons. The first-order valence-corrected chi connectivity index (χ1v) is 10.0. The Bertz CT molecular complexity index is 1140. The van der Waals surface area contributed by atoms with Crippen LogP contribution in [0.1, 0.15) is 17.5 Å². The Morgan fingerprint density at radius 2 is 1.71 bits per heavy atom. The molecule has 142 valence electrons. The van der Waals surface area contributed by atoms with Crippen LogP contribution in [0.2, 0.25) is 0 Å². The summed E-state index contributed by atoms with van der Waals surface area (Å²) in [6.07, 6.45) is 0.974. The molecule has 4 N–H and O–H groups in total. The van der Waals surface area contributed by atoms with Crippen molar-refractivity contribution in [3.8, 4) is 11.1 Å². The van der Waals surface area contributed by atoms with Gasteiger partial charge in [-0.25, -0.2) is 0 Å². The second-order valence-electron chi connectivity index (χ2n) is 7.63. The Kier molecular flexibility index (Phi) is 4.30. The van der Waals surface area contributed by atoms with E-state index in [-0.39, 0.29) is 0 Å². The predicted molar refractivity (Wildman–Crippen MR) is 119 cm³/mol. The molecule has 4 heteroatoms. The van der Waals surface area contributed by atoms with Crippen molar-refractivity contribution in [2.24, 2.45) is 5.73 Å². The van der Waals surface area contributed by atoms with Gasteiger partial charge >= 0.3 is 0 Å². The number of nitrogens with one attached hydrogen (secondary N) is 2. The molecule has 0 saturated heterocycles. The second kappa shape index (κ2) is 6.97. The highest BCUT2D eigenvalue weighted by molar-refractivity contribution is 6.16. The Morgan fingerprint density at radius 3 is 2.54 bits per heavy atom. The molecule has 0 fully saturated rings. The maximum atomic E-state index is 5.82.